The Labute approximate surface area is 164 Å². The highest BCUT2D eigenvalue weighted by Gasteiger charge is 2.12. The molecule has 2 aromatic carbocycles. The molecule has 140 valence electrons. The van der Waals surface area contributed by atoms with Gasteiger partial charge in [-0.2, -0.15) is 0 Å². The molecule has 1 aromatic heterocycles. The Kier molecular flexibility index (Phi) is 6.60. The molecule has 0 fully saturated rings. The van der Waals surface area contributed by atoms with Crippen molar-refractivity contribution >= 4 is 17.2 Å². The molecule has 0 aliphatic rings. The molecule has 1 atom stereocenters. The molecule has 1 heterocycles. The van der Waals surface area contributed by atoms with Gasteiger partial charge < -0.3 is 10.1 Å². The van der Waals surface area contributed by atoms with Crippen LogP contribution in [0.2, 0.25) is 0 Å². The molecule has 0 saturated heterocycles. The summed E-state index contributed by atoms with van der Waals surface area (Å²) in [6, 6.07) is 17.6. The van der Waals surface area contributed by atoms with Gasteiger partial charge in [0.2, 0.25) is 0 Å². The zero-order valence-electron chi connectivity index (χ0n) is 15.6. The lowest BCUT2D eigenvalue weighted by Crippen LogP contribution is -2.28. The molecule has 3 rings (SSSR count). The fourth-order valence-corrected chi connectivity index (χ4v) is 3.50. The lowest BCUT2D eigenvalue weighted by atomic mass is 9.96. The predicted molar refractivity (Wildman–Crippen MR) is 109 cm³/mol. The van der Waals surface area contributed by atoms with E-state index in [1.54, 1.807) is 23.5 Å². The van der Waals surface area contributed by atoms with E-state index in [-0.39, 0.29) is 5.91 Å². The van der Waals surface area contributed by atoms with Gasteiger partial charge in [-0.3, -0.25) is 4.79 Å². The maximum atomic E-state index is 12.5. The summed E-state index contributed by atoms with van der Waals surface area (Å²) in [4.78, 5) is 16.9. The first kappa shape index (κ1) is 19.1. The smallest absolute Gasteiger partial charge is 0.251 e. The highest BCUT2D eigenvalue weighted by atomic mass is 32.1. The Morgan fingerprint density at radius 2 is 2.00 bits per heavy atom. The second-order valence-electron chi connectivity index (χ2n) is 6.40. The molecule has 5 heteroatoms. The molecule has 0 spiro atoms. The van der Waals surface area contributed by atoms with Gasteiger partial charge in [-0.15, -0.1) is 11.3 Å². The normalized spacial score (nSPS) is 11.8. The van der Waals surface area contributed by atoms with Gasteiger partial charge in [-0.05, 0) is 37.1 Å². The summed E-state index contributed by atoms with van der Waals surface area (Å²) >= 11 is 1.60. The van der Waals surface area contributed by atoms with E-state index in [9.17, 15) is 4.79 Å². The van der Waals surface area contributed by atoms with Crippen LogP contribution in [-0.2, 0) is 6.61 Å². The third kappa shape index (κ3) is 5.41. The van der Waals surface area contributed by atoms with Crippen LogP contribution in [0.3, 0.4) is 0 Å². The predicted octanol–water partition coefficient (Wildman–Crippen LogP) is 4.95. The molecule has 27 heavy (non-hydrogen) atoms. The standard InChI is InChI=1S/C22H24N2O2S/c1-3-17(18-8-5-4-6-9-18)13-23-22(25)19-10-7-11-21(12-19)26-14-20-15-27-16(2)24-20/h4-12,15,17H,3,13-14H2,1-2H3,(H,23,25). The first-order valence-corrected chi connectivity index (χ1v) is 10.0. The van der Waals surface area contributed by atoms with E-state index in [0.717, 1.165) is 17.1 Å². The first-order chi connectivity index (χ1) is 13.2. The summed E-state index contributed by atoms with van der Waals surface area (Å²) in [5.74, 6) is 0.894. The topological polar surface area (TPSA) is 51.2 Å². The van der Waals surface area contributed by atoms with Crippen molar-refractivity contribution in [1.82, 2.24) is 10.3 Å². The number of aryl methyl sites for hydroxylation is 1. The van der Waals surface area contributed by atoms with Gasteiger partial charge in [-0.25, -0.2) is 4.98 Å². The number of benzene rings is 2. The minimum absolute atomic E-state index is 0.0840. The molecule has 3 aromatic rings. The van der Waals surface area contributed by atoms with Crippen LogP contribution in [0.15, 0.2) is 60.0 Å². The number of carbonyl (C=O) groups excluding carboxylic acids is 1. The Bertz CT molecular complexity index is 877. The van der Waals surface area contributed by atoms with E-state index in [1.807, 2.05) is 42.6 Å². The SMILES string of the molecule is CCC(CNC(=O)c1cccc(OCc2csc(C)n2)c1)c1ccccc1. The number of amides is 1. The second kappa shape index (κ2) is 9.33. The summed E-state index contributed by atoms with van der Waals surface area (Å²) in [5.41, 5.74) is 2.75. The lowest BCUT2D eigenvalue weighted by molar-refractivity contribution is 0.0950. The molecule has 0 bridgehead atoms. The molecular weight excluding hydrogens is 356 g/mol. The van der Waals surface area contributed by atoms with Gasteiger partial charge in [0.15, 0.2) is 0 Å². The zero-order chi connectivity index (χ0) is 19.1. The molecule has 1 unspecified atom stereocenters. The van der Waals surface area contributed by atoms with Crippen molar-refractivity contribution in [2.45, 2.75) is 32.8 Å². The molecule has 0 radical (unpaired) electrons. The highest BCUT2D eigenvalue weighted by Crippen LogP contribution is 2.19. The molecule has 0 aliphatic carbocycles. The monoisotopic (exact) mass is 380 g/mol. The van der Waals surface area contributed by atoms with Crippen molar-refractivity contribution in [3.8, 4) is 5.75 Å². The lowest BCUT2D eigenvalue weighted by Gasteiger charge is -2.16. The van der Waals surface area contributed by atoms with Crippen molar-refractivity contribution in [2.24, 2.45) is 0 Å². The van der Waals surface area contributed by atoms with Crippen molar-refractivity contribution < 1.29 is 9.53 Å². The molecule has 0 aliphatic heterocycles. The molecule has 1 N–H and O–H groups in total. The fraction of sp³-hybridized carbons (Fsp3) is 0.273. The summed E-state index contributed by atoms with van der Waals surface area (Å²) < 4.78 is 5.78. The summed E-state index contributed by atoms with van der Waals surface area (Å²) in [7, 11) is 0. The number of hydrogen-bond donors (Lipinski definition) is 1. The van der Waals surface area contributed by atoms with Crippen LogP contribution in [0.4, 0.5) is 0 Å². The zero-order valence-corrected chi connectivity index (χ0v) is 16.5. The van der Waals surface area contributed by atoms with Gasteiger partial charge in [0.25, 0.3) is 5.91 Å². The van der Waals surface area contributed by atoms with Gasteiger partial charge in [0.05, 0.1) is 10.7 Å². The van der Waals surface area contributed by atoms with E-state index in [2.05, 4.69) is 29.4 Å². The minimum Gasteiger partial charge on any atom is -0.487 e. The number of nitrogens with one attached hydrogen (secondary N) is 1. The third-order valence-corrected chi connectivity index (χ3v) is 5.24. The number of rotatable bonds is 8. The number of carbonyl (C=O) groups is 1. The van der Waals surface area contributed by atoms with Crippen molar-refractivity contribution in [2.75, 3.05) is 6.54 Å². The Morgan fingerprint density at radius 3 is 2.70 bits per heavy atom. The second-order valence-corrected chi connectivity index (χ2v) is 7.46. The Morgan fingerprint density at radius 1 is 1.19 bits per heavy atom. The van der Waals surface area contributed by atoms with Gasteiger partial charge in [0, 0.05) is 23.4 Å². The summed E-state index contributed by atoms with van der Waals surface area (Å²) in [5, 5.41) is 6.05. The van der Waals surface area contributed by atoms with Crippen LogP contribution >= 0.6 is 11.3 Å². The van der Waals surface area contributed by atoms with E-state index >= 15 is 0 Å². The van der Waals surface area contributed by atoms with Crippen LogP contribution in [0.1, 0.15) is 45.9 Å². The summed E-state index contributed by atoms with van der Waals surface area (Å²) in [6.45, 7) is 5.13. The maximum absolute atomic E-state index is 12.5. The fourth-order valence-electron chi connectivity index (χ4n) is 2.90. The van der Waals surface area contributed by atoms with Gasteiger partial charge in [-0.1, -0.05) is 43.3 Å². The summed E-state index contributed by atoms with van der Waals surface area (Å²) in [6.07, 6.45) is 0.973. The number of ether oxygens (including phenoxy) is 1. The molecule has 4 nitrogen and oxygen atoms in total. The van der Waals surface area contributed by atoms with Crippen LogP contribution in [-0.4, -0.2) is 17.4 Å². The Hall–Kier alpha value is -2.66. The van der Waals surface area contributed by atoms with E-state index in [4.69, 9.17) is 4.74 Å². The number of hydrogen-bond acceptors (Lipinski definition) is 4. The number of nitrogens with zero attached hydrogens (tertiary/aromatic N) is 1. The average molecular weight is 381 g/mol. The largest absolute Gasteiger partial charge is 0.487 e. The average Bonchev–Trinajstić information content (AvgIpc) is 3.13. The first-order valence-electron chi connectivity index (χ1n) is 9.12. The molecule has 0 saturated carbocycles. The maximum Gasteiger partial charge on any atom is 0.251 e. The van der Waals surface area contributed by atoms with Crippen molar-refractivity contribution in [1.29, 1.82) is 0 Å². The van der Waals surface area contributed by atoms with E-state index < -0.39 is 0 Å². The molecular formula is C22H24N2O2S. The molecule has 1 amide bonds. The number of thiazole rings is 1. The Balaban J connectivity index is 1.58. The van der Waals surface area contributed by atoms with Gasteiger partial charge in [0.1, 0.15) is 12.4 Å². The van der Waals surface area contributed by atoms with Crippen molar-refractivity contribution in [3.63, 3.8) is 0 Å². The highest BCUT2D eigenvalue weighted by molar-refractivity contribution is 7.09. The van der Waals surface area contributed by atoms with Crippen LogP contribution in [0.5, 0.6) is 5.75 Å². The van der Waals surface area contributed by atoms with Crippen LogP contribution in [0.25, 0.3) is 0 Å². The van der Waals surface area contributed by atoms with Gasteiger partial charge >= 0.3 is 0 Å². The van der Waals surface area contributed by atoms with Crippen molar-refractivity contribution in [3.05, 3.63) is 81.8 Å². The quantitative estimate of drug-likeness (QED) is 0.601. The van der Waals surface area contributed by atoms with Crippen LogP contribution in [0, 0.1) is 6.92 Å². The minimum atomic E-state index is -0.0840. The van der Waals surface area contributed by atoms with E-state index in [1.165, 1.54) is 5.56 Å². The van der Waals surface area contributed by atoms with Crippen LogP contribution < -0.4 is 10.1 Å². The number of aromatic nitrogens is 1. The van der Waals surface area contributed by atoms with E-state index in [0.29, 0.717) is 30.4 Å². The third-order valence-electron chi connectivity index (χ3n) is 4.42.